The van der Waals surface area contributed by atoms with Crippen molar-refractivity contribution < 1.29 is 13.2 Å². The fourth-order valence-corrected chi connectivity index (χ4v) is 1.98. The Balaban J connectivity index is 2.17. The van der Waals surface area contributed by atoms with Crippen molar-refractivity contribution in [1.29, 1.82) is 0 Å². The Morgan fingerprint density at radius 1 is 1.53 bits per heavy atom. The van der Waals surface area contributed by atoms with Crippen LogP contribution in [-0.2, 0) is 6.42 Å². The van der Waals surface area contributed by atoms with Crippen molar-refractivity contribution in [1.82, 2.24) is 10.3 Å². The lowest BCUT2D eigenvalue weighted by Gasteiger charge is -2.12. The highest BCUT2D eigenvalue weighted by Gasteiger charge is 2.26. The molecule has 0 aliphatic carbocycles. The highest BCUT2D eigenvalue weighted by atomic mass is 32.1. The van der Waals surface area contributed by atoms with Gasteiger partial charge in [-0.2, -0.15) is 13.2 Å². The molecule has 1 N–H and O–H groups in total. The Morgan fingerprint density at radius 2 is 2.27 bits per heavy atom. The molecule has 0 bridgehead atoms. The van der Waals surface area contributed by atoms with E-state index >= 15 is 0 Å². The van der Waals surface area contributed by atoms with Gasteiger partial charge in [-0.3, -0.25) is 4.98 Å². The van der Waals surface area contributed by atoms with Gasteiger partial charge in [-0.15, -0.1) is 11.3 Å². The fraction of sp³-hybridized carbons (Fsp3) is 0.667. The molecule has 1 heterocycles. The zero-order valence-corrected chi connectivity index (χ0v) is 9.16. The summed E-state index contributed by atoms with van der Waals surface area (Å²) in [6.45, 7) is 1.38. The van der Waals surface area contributed by atoms with E-state index < -0.39 is 12.7 Å². The summed E-state index contributed by atoms with van der Waals surface area (Å²) in [5, 5.41) is 2.40. The topological polar surface area (TPSA) is 24.9 Å². The third-order valence-electron chi connectivity index (χ3n) is 1.85. The molecule has 0 saturated carbocycles. The molecule has 1 unspecified atom stereocenters. The summed E-state index contributed by atoms with van der Waals surface area (Å²) in [5.41, 5.74) is 1.73. The first-order valence-electron chi connectivity index (χ1n) is 4.62. The molecule has 0 aromatic carbocycles. The Morgan fingerprint density at radius 3 is 2.80 bits per heavy atom. The third-order valence-corrected chi connectivity index (χ3v) is 2.65. The fourth-order valence-electron chi connectivity index (χ4n) is 1.22. The van der Waals surface area contributed by atoms with Crippen LogP contribution in [-0.4, -0.2) is 24.2 Å². The van der Waals surface area contributed by atoms with Crippen molar-refractivity contribution in [2.75, 3.05) is 13.1 Å². The summed E-state index contributed by atoms with van der Waals surface area (Å²) in [7, 11) is 0. The van der Waals surface area contributed by atoms with E-state index in [1.165, 1.54) is 11.3 Å². The number of nitrogens with zero attached hydrogens (tertiary/aromatic N) is 1. The van der Waals surface area contributed by atoms with E-state index in [2.05, 4.69) is 10.3 Å². The van der Waals surface area contributed by atoms with Gasteiger partial charge in [0.15, 0.2) is 0 Å². The van der Waals surface area contributed by atoms with Crippen molar-refractivity contribution in [2.24, 2.45) is 5.92 Å². The SMILES string of the molecule is CC(CNCC(F)(F)F)Cc1cncs1. The first-order valence-corrected chi connectivity index (χ1v) is 5.50. The number of aromatic nitrogens is 1. The number of hydrogen-bond acceptors (Lipinski definition) is 3. The maximum absolute atomic E-state index is 11.8. The van der Waals surface area contributed by atoms with Crippen LogP contribution in [0.2, 0.25) is 0 Å². The summed E-state index contributed by atoms with van der Waals surface area (Å²) in [5.74, 6) is 0.188. The van der Waals surface area contributed by atoms with E-state index in [1.54, 1.807) is 11.7 Å². The summed E-state index contributed by atoms with van der Waals surface area (Å²) in [6, 6.07) is 0. The number of hydrogen-bond donors (Lipinski definition) is 1. The summed E-state index contributed by atoms with van der Waals surface area (Å²) >= 11 is 1.53. The molecule has 86 valence electrons. The van der Waals surface area contributed by atoms with E-state index in [4.69, 9.17) is 0 Å². The zero-order valence-electron chi connectivity index (χ0n) is 8.34. The second-order valence-electron chi connectivity index (χ2n) is 3.52. The second-order valence-corrected chi connectivity index (χ2v) is 4.49. The normalized spacial score (nSPS) is 14.1. The first-order chi connectivity index (χ1) is 6.97. The number of rotatable bonds is 5. The second kappa shape index (κ2) is 5.46. The van der Waals surface area contributed by atoms with Crippen LogP contribution >= 0.6 is 11.3 Å². The van der Waals surface area contributed by atoms with Gasteiger partial charge in [-0.25, -0.2) is 0 Å². The van der Waals surface area contributed by atoms with Gasteiger partial charge < -0.3 is 5.32 Å². The predicted molar refractivity (Wildman–Crippen MR) is 53.9 cm³/mol. The lowest BCUT2D eigenvalue weighted by atomic mass is 10.1. The Hall–Kier alpha value is -0.620. The van der Waals surface area contributed by atoms with Crippen molar-refractivity contribution in [3.8, 4) is 0 Å². The van der Waals surface area contributed by atoms with Gasteiger partial charge in [0.25, 0.3) is 0 Å². The quantitative estimate of drug-likeness (QED) is 0.852. The molecule has 2 nitrogen and oxygen atoms in total. The Kier molecular flexibility index (Phi) is 4.53. The monoisotopic (exact) mass is 238 g/mol. The average Bonchev–Trinajstić information content (AvgIpc) is 2.54. The zero-order chi connectivity index (χ0) is 11.3. The molecule has 0 aliphatic rings. The van der Waals surface area contributed by atoms with E-state index in [1.807, 2.05) is 6.92 Å². The van der Waals surface area contributed by atoms with E-state index in [0.717, 1.165) is 11.3 Å². The third kappa shape index (κ3) is 5.74. The van der Waals surface area contributed by atoms with E-state index in [9.17, 15) is 13.2 Å². The molecule has 0 fully saturated rings. The van der Waals surface area contributed by atoms with Crippen LogP contribution in [0.4, 0.5) is 13.2 Å². The van der Waals surface area contributed by atoms with Gasteiger partial charge in [0, 0.05) is 11.1 Å². The van der Waals surface area contributed by atoms with Gasteiger partial charge in [0.1, 0.15) is 0 Å². The number of thiazole rings is 1. The van der Waals surface area contributed by atoms with Crippen LogP contribution in [0.3, 0.4) is 0 Å². The van der Waals surface area contributed by atoms with Crippen molar-refractivity contribution in [3.63, 3.8) is 0 Å². The van der Waals surface area contributed by atoms with Gasteiger partial charge in [0.05, 0.1) is 12.1 Å². The lowest BCUT2D eigenvalue weighted by Crippen LogP contribution is -2.32. The molecule has 1 atom stereocenters. The van der Waals surface area contributed by atoms with E-state index in [0.29, 0.717) is 6.54 Å². The van der Waals surface area contributed by atoms with E-state index in [-0.39, 0.29) is 5.92 Å². The van der Waals surface area contributed by atoms with Gasteiger partial charge in [-0.05, 0) is 18.9 Å². The van der Waals surface area contributed by atoms with Crippen LogP contribution in [0.25, 0.3) is 0 Å². The molecule has 1 rings (SSSR count). The Labute approximate surface area is 90.5 Å². The van der Waals surface area contributed by atoms with Crippen LogP contribution in [0, 0.1) is 5.92 Å². The molecule has 0 amide bonds. The van der Waals surface area contributed by atoms with Gasteiger partial charge >= 0.3 is 6.18 Å². The van der Waals surface area contributed by atoms with Gasteiger partial charge in [0.2, 0.25) is 0 Å². The highest BCUT2D eigenvalue weighted by molar-refractivity contribution is 7.09. The standard InChI is InChI=1S/C9H13F3N2S/c1-7(2-8-4-14-6-15-8)3-13-5-9(10,11)12/h4,6-7,13H,2-3,5H2,1H3. The molecule has 15 heavy (non-hydrogen) atoms. The van der Waals surface area contributed by atoms with Crippen LogP contribution < -0.4 is 5.32 Å². The molecule has 1 aromatic rings. The highest BCUT2D eigenvalue weighted by Crippen LogP contribution is 2.14. The smallest absolute Gasteiger partial charge is 0.308 e. The predicted octanol–water partition coefficient (Wildman–Crippen LogP) is 2.47. The minimum atomic E-state index is -4.12. The minimum absolute atomic E-state index is 0.188. The Bertz CT molecular complexity index is 271. The largest absolute Gasteiger partial charge is 0.401 e. The molecule has 1 aromatic heterocycles. The molecular weight excluding hydrogens is 225 g/mol. The number of alkyl halides is 3. The maximum Gasteiger partial charge on any atom is 0.401 e. The summed E-state index contributed by atoms with van der Waals surface area (Å²) < 4.78 is 35.4. The number of nitrogens with one attached hydrogen (secondary N) is 1. The maximum atomic E-state index is 11.8. The van der Waals surface area contributed by atoms with Crippen molar-refractivity contribution >= 4 is 11.3 Å². The summed E-state index contributed by atoms with van der Waals surface area (Å²) in [6.07, 6.45) is -1.59. The molecular formula is C9H13F3N2S. The van der Waals surface area contributed by atoms with Crippen LogP contribution in [0.5, 0.6) is 0 Å². The first kappa shape index (κ1) is 12.4. The molecule has 0 saturated heterocycles. The van der Waals surface area contributed by atoms with Crippen molar-refractivity contribution in [2.45, 2.75) is 19.5 Å². The minimum Gasteiger partial charge on any atom is -0.308 e. The summed E-state index contributed by atoms with van der Waals surface area (Å²) in [4.78, 5) is 5.02. The molecule has 0 spiro atoms. The van der Waals surface area contributed by atoms with Gasteiger partial charge in [-0.1, -0.05) is 6.92 Å². The number of halogens is 3. The van der Waals surface area contributed by atoms with Crippen molar-refractivity contribution in [3.05, 3.63) is 16.6 Å². The molecule has 0 radical (unpaired) electrons. The molecule has 6 heteroatoms. The average molecular weight is 238 g/mol. The molecule has 0 aliphatic heterocycles. The van der Waals surface area contributed by atoms with Crippen LogP contribution in [0.15, 0.2) is 11.7 Å². The van der Waals surface area contributed by atoms with Crippen LogP contribution in [0.1, 0.15) is 11.8 Å². The lowest BCUT2D eigenvalue weighted by molar-refractivity contribution is -0.125.